The summed E-state index contributed by atoms with van der Waals surface area (Å²) in [5.74, 6) is 1.60. The Hall–Kier alpha value is -3.73. The van der Waals surface area contributed by atoms with Crippen molar-refractivity contribution in [1.82, 2.24) is 19.6 Å². The van der Waals surface area contributed by atoms with E-state index >= 15 is 0 Å². The lowest BCUT2D eigenvalue weighted by atomic mass is 10.1. The molecule has 3 aromatic heterocycles. The average molecular weight is 350 g/mol. The standard InChI is InChI=1S/C22H14N4O/c1-13-23-19-18-16-10-6-5-7-14(16)11-12-17(18)27-20(19)22-25-24-21(26(13)22)15-8-3-2-4-9-15/h2-12H,1H3. The molecule has 5 heteroatoms. The first kappa shape index (κ1) is 14.4. The Balaban J connectivity index is 1.79. The van der Waals surface area contributed by atoms with Gasteiger partial charge in [0.15, 0.2) is 11.4 Å². The molecule has 0 saturated heterocycles. The second-order valence-corrected chi connectivity index (χ2v) is 6.65. The lowest BCUT2D eigenvalue weighted by molar-refractivity contribution is 0.668. The van der Waals surface area contributed by atoms with Crippen molar-refractivity contribution in [2.45, 2.75) is 6.92 Å². The number of benzene rings is 3. The largest absolute Gasteiger partial charge is 0.450 e. The van der Waals surface area contributed by atoms with Gasteiger partial charge in [-0.15, -0.1) is 10.2 Å². The first-order valence-electron chi connectivity index (χ1n) is 8.82. The quantitative estimate of drug-likeness (QED) is 0.411. The number of fused-ring (bicyclic) bond motifs is 7. The van der Waals surface area contributed by atoms with Crippen LogP contribution >= 0.6 is 0 Å². The van der Waals surface area contributed by atoms with E-state index < -0.39 is 0 Å². The number of hydrogen-bond acceptors (Lipinski definition) is 4. The van der Waals surface area contributed by atoms with Crippen molar-refractivity contribution < 1.29 is 4.42 Å². The summed E-state index contributed by atoms with van der Waals surface area (Å²) in [6, 6.07) is 22.4. The fourth-order valence-corrected chi connectivity index (χ4v) is 3.83. The average Bonchev–Trinajstić information content (AvgIpc) is 3.31. The zero-order chi connectivity index (χ0) is 18.0. The van der Waals surface area contributed by atoms with Gasteiger partial charge < -0.3 is 4.42 Å². The highest BCUT2D eigenvalue weighted by Crippen LogP contribution is 2.36. The van der Waals surface area contributed by atoms with Crippen molar-refractivity contribution in [1.29, 1.82) is 0 Å². The third-order valence-corrected chi connectivity index (χ3v) is 5.05. The molecule has 0 aliphatic rings. The Morgan fingerprint density at radius 2 is 1.67 bits per heavy atom. The molecule has 0 N–H and O–H groups in total. The van der Waals surface area contributed by atoms with Crippen LogP contribution in [0.1, 0.15) is 5.82 Å². The van der Waals surface area contributed by atoms with Crippen LogP contribution in [0.15, 0.2) is 71.1 Å². The molecule has 0 unspecified atom stereocenters. The minimum Gasteiger partial charge on any atom is -0.450 e. The minimum atomic E-state index is 0.668. The summed E-state index contributed by atoms with van der Waals surface area (Å²) in [5.41, 5.74) is 4.00. The van der Waals surface area contributed by atoms with E-state index in [1.165, 1.54) is 5.39 Å². The highest BCUT2D eigenvalue weighted by Gasteiger charge is 2.20. The smallest absolute Gasteiger partial charge is 0.207 e. The summed E-state index contributed by atoms with van der Waals surface area (Å²) >= 11 is 0. The number of furan rings is 1. The first-order valence-corrected chi connectivity index (χ1v) is 8.82. The number of aryl methyl sites for hydroxylation is 1. The summed E-state index contributed by atoms with van der Waals surface area (Å²) in [4.78, 5) is 4.89. The van der Waals surface area contributed by atoms with Crippen LogP contribution in [0.2, 0.25) is 0 Å². The van der Waals surface area contributed by atoms with E-state index in [4.69, 9.17) is 9.40 Å². The Kier molecular flexibility index (Phi) is 2.75. The molecule has 0 bridgehead atoms. The maximum atomic E-state index is 6.19. The van der Waals surface area contributed by atoms with Gasteiger partial charge in [0.25, 0.3) is 0 Å². The zero-order valence-electron chi connectivity index (χ0n) is 14.5. The third kappa shape index (κ3) is 1.91. The highest BCUT2D eigenvalue weighted by atomic mass is 16.3. The van der Waals surface area contributed by atoms with Gasteiger partial charge in [0.2, 0.25) is 5.65 Å². The minimum absolute atomic E-state index is 0.668. The van der Waals surface area contributed by atoms with Gasteiger partial charge in [0, 0.05) is 5.56 Å². The summed E-state index contributed by atoms with van der Waals surface area (Å²) in [6.45, 7) is 1.98. The van der Waals surface area contributed by atoms with E-state index in [9.17, 15) is 0 Å². The molecule has 128 valence electrons. The molecule has 0 fully saturated rings. The number of hydrogen-bond donors (Lipinski definition) is 0. The van der Waals surface area contributed by atoms with Crippen LogP contribution in [0.3, 0.4) is 0 Å². The van der Waals surface area contributed by atoms with Crippen molar-refractivity contribution in [2.24, 2.45) is 0 Å². The van der Waals surface area contributed by atoms with E-state index in [0.717, 1.165) is 39.1 Å². The summed E-state index contributed by atoms with van der Waals surface area (Å²) < 4.78 is 8.15. The molecule has 5 nitrogen and oxygen atoms in total. The molecule has 0 aliphatic carbocycles. The lowest BCUT2D eigenvalue weighted by Gasteiger charge is -2.04. The van der Waals surface area contributed by atoms with Crippen molar-refractivity contribution in [2.75, 3.05) is 0 Å². The predicted molar refractivity (Wildman–Crippen MR) is 106 cm³/mol. The lowest BCUT2D eigenvalue weighted by Crippen LogP contribution is -1.98. The van der Waals surface area contributed by atoms with Crippen LogP contribution < -0.4 is 0 Å². The van der Waals surface area contributed by atoms with Gasteiger partial charge >= 0.3 is 0 Å². The molecular formula is C22H14N4O. The predicted octanol–water partition coefficient (Wildman–Crippen LogP) is 5.15. The molecule has 0 radical (unpaired) electrons. The first-order chi connectivity index (χ1) is 13.3. The van der Waals surface area contributed by atoms with Gasteiger partial charge in [-0.05, 0) is 23.8 Å². The van der Waals surface area contributed by atoms with Crippen LogP contribution in [-0.2, 0) is 0 Å². The molecule has 6 rings (SSSR count). The second-order valence-electron chi connectivity index (χ2n) is 6.65. The summed E-state index contributed by atoms with van der Waals surface area (Å²) in [7, 11) is 0. The topological polar surface area (TPSA) is 56.2 Å². The molecule has 3 aromatic carbocycles. The molecule has 0 aliphatic heterocycles. The molecular weight excluding hydrogens is 336 g/mol. The summed E-state index contributed by atoms with van der Waals surface area (Å²) in [5, 5.41) is 12.2. The Labute approximate surface area is 153 Å². The number of nitrogens with zero attached hydrogens (tertiary/aromatic N) is 4. The van der Waals surface area contributed by atoms with E-state index in [1.807, 2.05) is 59.9 Å². The second kappa shape index (κ2) is 5.14. The van der Waals surface area contributed by atoms with Crippen LogP contribution in [0.25, 0.3) is 49.9 Å². The van der Waals surface area contributed by atoms with Gasteiger partial charge in [-0.1, -0.05) is 60.7 Å². The number of aromatic nitrogens is 4. The normalized spacial score (nSPS) is 11.9. The van der Waals surface area contributed by atoms with Gasteiger partial charge in [-0.3, -0.25) is 4.40 Å². The SMILES string of the molecule is Cc1nc2c(oc3ccc4ccccc4c32)c2nnc(-c3ccccc3)n12. The molecule has 6 aromatic rings. The van der Waals surface area contributed by atoms with Gasteiger partial charge in [0.1, 0.15) is 16.9 Å². The molecule has 0 spiro atoms. The van der Waals surface area contributed by atoms with Crippen molar-refractivity contribution >= 4 is 38.5 Å². The summed E-state index contributed by atoms with van der Waals surface area (Å²) in [6.07, 6.45) is 0. The molecule has 0 saturated carbocycles. The van der Waals surface area contributed by atoms with Crippen LogP contribution in [0.5, 0.6) is 0 Å². The monoisotopic (exact) mass is 350 g/mol. The highest BCUT2D eigenvalue weighted by molar-refractivity contribution is 6.19. The third-order valence-electron chi connectivity index (χ3n) is 5.05. The van der Waals surface area contributed by atoms with Crippen molar-refractivity contribution in [3.63, 3.8) is 0 Å². The van der Waals surface area contributed by atoms with Crippen LogP contribution in [-0.4, -0.2) is 19.6 Å². The fraction of sp³-hybridized carbons (Fsp3) is 0.0455. The van der Waals surface area contributed by atoms with Gasteiger partial charge in [-0.2, -0.15) is 0 Å². The van der Waals surface area contributed by atoms with E-state index in [1.54, 1.807) is 0 Å². The van der Waals surface area contributed by atoms with E-state index in [-0.39, 0.29) is 0 Å². The van der Waals surface area contributed by atoms with Gasteiger partial charge in [-0.25, -0.2) is 4.98 Å². The maximum Gasteiger partial charge on any atom is 0.207 e. The van der Waals surface area contributed by atoms with E-state index in [2.05, 4.69) is 28.4 Å². The van der Waals surface area contributed by atoms with Crippen molar-refractivity contribution in [3.05, 3.63) is 72.6 Å². The Morgan fingerprint density at radius 3 is 2.56 bits per heavy atom. The molecule has 3 heterocycles. The van der Waals surface area contributed by atoms with E-state index in [0.29, 0.717) is 11.2 Å². The Bertz CT molecular complexity index is 1480. The van der Waals surface area contributed by atoms with Crippen LogP contribution in [0, 0.1) is 6.92 Å². The number of rotatable bonds is 1. The zero-order valence-corrected chi connectivity index (χ0v) is 14.5. The Morgan fingerprint density at radius 1 is 0.852 bits per heavy atom. The van der Waals surface area contributed by atoms with Crippen LogP contribution in [0.4, 0.5) is 0 Å². The molecule has 27 heavy (non-hydrogen) atoms. The fourth-order valence-electron chi connectivity index (χ4n) is 3.83. The maximum absolute atomic E-state index is 6.19. The van der Waals surface area contributed by atoms with Crippen molar-refractivity contribution in [3.8, 4) is 11.4 Å². The molecule has 0 amide bonds. The molecule has 0 atom stereocenters. The van der Waals surface area contributed by atoms with Gasteiger partial charge in [0.05, 0.1) is 5.39 Å².